The summed E-state index contributed by atoms with van der Waals surface area (Å²) in [7, 11) is 0. The number of nitrogens with one attached hydrogen (secondary N) is 1. The summed E-state index contributed by atoms with van der Waals surface area (Å²) in [4.78, 5) is 32.7. The maximum absolute atomic E-state index is 12.1. The van der Waals surface area contributed by atoms with E-state index in [1.807, 2.05) is 92.1 Å². The van der Waals surface area contributed by atoms with Crippen LogP contribution in [0.3, 0.4) is 0 Å². The van der Waals surface area contributed by atoms with Crippen LogP contribution in [0.5, 0.6) is 5.75 Å². The van der Waals surface area contributed by atoms with Crippen LogP contribution in [-0.2, 0) is 11.3 Å². The highest BCUT2D eigenvalue weighted by Gasteiger charge is 2.22. The van der Waals surface area contributed by atoms with E-state index in [9.17, 15) is 4.79 Å². The van der Waals surface area contributed by atoms with Crippen LogP contribution in [0, 0.1) is 0 Å². The van der Waals surface area contributed by atoms with E-state index < -0.39 is 11.7 Å². The van der Waals surface area contributed by atoms with Crippen molar-refractivity contribution < 1.29 is 14.3 Å². The molecule has 0 bridgehead atoms. The van der Waals surface area contributed by atoms with Crippen molar-refractivity contribution >= 4 is 23.1 Å². The van der Waals surface area contributed by atoms with Gasteiger partial charge in [-0.25, -0.2) is 19.7 Å². The van der Waals surface area contributed by atoms with E-state index in [4.69, 9.17) is 14.5 Å². The molecule has 220 valence electrons. The number of fused-ring (bicyclic) bond motifs is 1. The molecule has 1 amide bonds. The van der Waals surface area contributed by atoms with E-state index in [1.54, 1.807) is 18.6 Å². The summed E-state index contributed by atoms with van der Waals surface area (Å²) < 4.78 is 13.7. The molecule has 5 aromatic rings. The van der Waals surface area contributed by atoms with Gasteiger partial charge >= 0.3 is 6.09 Å². The van der Waals surface area contributed by atoms with E-state index in [0.717, 1.165) is 72.2 Å². The number of carbonyl (C=O) groups is 1. The van der Waals surface area contributed by atoms with Gasteiger partial charge < -0.3 is 9.47 Å². The van der Waals surface area contributed by atoms with Crippen molar-refractivity contribution in [3.8, 4) is 23.0 Å². The summed E-state index contributed by atoms with van der Waals surface area (Å²) >= 11 is 0. The van der Waals surface area contributed by atoms with Gasteiger partial charge in [-0.1, -0.05) is 6.07 Å². The second kappa shape index (κ2) is 12.2. The fourth-order valence-electron chi connectivity index (χ4n) is 5.18. The molecule has 0 radical (unpaired) electrons. The number of pyridine rings is 3. The largest absolute Gasteiger partial charge is 0.490 e. The van der Waals surface area contributed by atoms with Gasteiger partial charge in [-0.05, 0) is 99.8 Å². The standard InChI is InChI=1S/C33H35N7O3/c1-33(2,3)43-32(41)38-29-21-23(13-18-35-29)22-39-19-14-26(15-20-39)42-25-11-9-24(10-12-25)40-30-28(8-6-17-36-30)37-31(40)27-7-4-5-16-34-27/h4-13,16-18,21,26H,14-15,19-20,22H2,1-3H3,(H,35,38,41). The average molecular weight is 578 g/mol. The van der Waals surface area contributed by atoms with Crippen molar-refractivity contribution in [2.75, 3.05) is 18.4 Å². The van der Waals surface area contributed by atoms with Gasteiger partial charge in [0.1, 0.15) is 34.5 Å². The molecule has 0 spiro atoms. The number of nitrogens with zero attached hydrogens (tertiary/aromatic N) is 6. The second-order valence-electron chi connectivity index (χ2n) is 11.6. The van der Waals surface area contributed by atoms with Crippen LogP contribution >= 0.6 is 0 Å². The number of rotatable bonds is 7. The Labute approximate surface area is 250 Å². The summed E-state index contributed by atoms with van der Waals surface area (Å²) in [5.41, 5.74) is 3.86. The lowest BCUT2D eigenvalue weighted by atomic mass is 10.1. The zero-order chi connectivity index (χ0) is 29.8. The number of aromatic nitrogens is 5. The van der Waals surface area contributed by atoms with Crippen LogP contribution < -0.4 is 10.1 Å². The minimum absolute atomic E-state index is 0.142. The maximum atomic E-state index is 12.1. The Bertz CT molecular complexity index is 1690. The normalized spacial score (nSPS) is 14.5. The Morgan fingerprint density at radius 3 is 2.47 bits per heavy atom. The van der Waals surface area contributed by atoms with Gasteiger partial charge in [-0.3, -0.25) is 19.8 Å². The number of imidazole rings is 1. The molecular weight excluding hydrogens is 542 g/mol. The lowest BCUT2D eigenvalue weighted by molar-refractivity contribution is 0.0635. The number of ether oxygens (including phenoxy) is 2. The van der Waals surface area contributed by atoms with Crippen molar-refractivity contribution in [3.05, 3.63) is 90.9 Å². The summed E-state index contributed by atoms with van der Waals surface area (Å²) in [6.07, 6.45) is 6.75. The smallest absolute Gasteiger partial charge is 0.413 e. The first-order valence-corrected chi connectivity index (χ1v) is 14.5. The molecule has 0 unspecified atom stereocenters. The molecule has 5 heterocycles. The van der Waals surface area contributed by atoms with Gasteiger partial charge in [0.25, 0.3) is 0 Å². The summed E-state index contributed by atoms with van der Waals surface area (Å²) in [6, 6.07) is 21.6. The fraction of sp³-hybridized carbons (Fsp3) is 0.303. The van der Waals surface area contributed by atoms with Crippen molar-refractivity contribution in [2.45, 2.75) is 51.9 Å². The molecule has 4 aromatic heterocycles. The highest BCUT2D eigenvalue weighted by atomic mass is 16.6. The minimum Gasteiger partial charge on any atom is -0.490 e. The summed E-state index contributed by atoms with van der Waals surface area (Å²) in [6.45, 7) is 8.11. The number of carbonyl (C=O) groups excluding carboxylic acids is 1. The van der Waals surface area contributed by atoms with Crippen molar-refractivity contribution in [1.82, 2.24) is 29.4 Å². The van der Waals surface area contributed by atoms with Gasteiger partial charge in [0.15, 0.2) is 11.5 Å². The molecule has 0 atom stereocenters. The van der Waals surface area contributed by atoms with E-state index in [-0.39, 0.29) is 6.10 Å². The van der Waals surface area contributed by atoms with Gasteiger partial charge in [0.2, 0.25) is 0 Å². The molecule has 1 aromatic carbocycles. The third kappa shape index (κ3) is 6.98. The first-order chi connectivity index (χ1) is 20.8. The molecule has 0 saturated carbocycles. The third-order valence-electron chi connectivity index (χ3n) is 7.10. The summed E-state index contributed by atoms with van der Waals surface area (Å²) in [5.74, 6) is 2.07. The molecule has 1 aliphatic rings. The molecule has 10 nitrogen and oxygen atoms in total. The van der Waals surface area contributed by atoms with Crippen LogP contribution in [0.15, 0.2) is 85.3 Å². The van der Waals surface area contributed by atoms with E-state index in [2.05, 4.69) is 25.2 Å². The number of amides is 1. The Kier molecular flexibility index (Phi) is 8.02. The number of hydrogen-bond acceptors (Lipinski definition) is 8. The lowest BCUT2D eigenvalue weighted by Gasteiger charge is -2.32. The van der Waals surface area contributed by atoms with Crippen molar-refractivity contribution in [1.29, 1.82) is 0 Å². The van der Waals surface area contributed by atoms with Crippen LogP contribution in [0.4, 0.5) is 10.6 Å². The quantitative estimate of drug-likeness (QED) is 0.241. The monoisotopic (exact) mass is 577 g/mol. The zero-order valence-corrected chi connectivity index (χ0v) is 24.6. The second-order valence-corrected chi connectivity index (χ2v) is 11.6. The predicted octanol–water partition coefficient (Wildman–Crippen LogP) is 6.27. The molecule has 0 aliphatic carbocycles. The number of hydrogen-bond donors (Lipinski definition) is 1. The van der Waals surface area contributed by atoms with Gasteiger partial charge in [0, 0.05) is 43.9 Å². The topological polar surface area (TPSA) is 107 Å². The molecule has 1 N–H and O–H groups in total. The predicted molar refractivity (Wildman–Crippen MR) is 165 cm³/mol. The molecule has 1 saturated heterocycles. The fourth-order valence-corrected chi connectivity index (χ4v) is 5.18. The minimum atomic E-state index is -0.563. The molecule has 10 heteroatoms. The zero-order valence-electron chi connectivity index (χ0n) is 24.6. The SMILES string of the molecule is CC(C)(C)OC(=O)Nc1cc(CN2CCC(Oc3ccc(-n4c(-c5ccccn5)nc5cccnc54)cc3)CC2)ccn1. The number of anilines is 1. The van der Waals surface area contributed by atoms with E-state index in [1.165, 1.54) is 0 Å². The van der Waals surface area contributed by atoms with Crippen LogP contribution in [0.2, 0.25) is 0 Å². The molecule has 43 heavy (non-hydrogen) atoms. The van der Waals surface area contributed by atoms with Crippen LogP contribution in [-0.4, -0.2) is 60.3 Å². The van der Waals surface area contributed by atoms with Gasteiger partial charge in [-0.15, -0.1) is 0 Å². The van der Waals surface area contributed by atoms with Crippen LogP contribution in [0.1, 0.15) is 39.2 Å². The molecule has 6 rings (SSSR count). The molecule has 1 aliphatic heterocycles. The summed E-state index contributed by atoms with van der Waals surface area (Å²) in [5, 5.41) is 2.72. The number of piperidine rings is 1. The number of likely N-dealkylation sites (tertiary alicyclic amines) is 1. The maximum Gasteiger partial charge on any atom is 0.413 e. The molecule has 1 fully saturated rings. The molecular formula is C33H35N7O3. The van der Waals surface area contributed by atoms with Crippen molar-refractivity contribution in [2.24, 2.45) is 0 Å². The lowest BCUT2D eigenvalue weighted by Crippen LogP contribution is -2.37. The van der Waals surface area contributed by atoms with Gasteiger partial charge in [0.05, 0.1) is 0 Å². The Balaban J connectivity index is 1.06. The van der Waals surface area contributed by atoms with E-state index >= 15 is 0 Å². The first kappa shape index (κ1) is 28.3. The van der Waals surface area contributed by atoms with Gasteiger partial charge in [-0.2, -0.15) is 0 Å². The van der Waals surface area contributed by atoms with Crippen LogP contribution in [0.25, 0.3) is 28.4 Å². The van der Waals surface area contributed by atoms with Crippen molar-refractivity contribution in [3.63, 3.8) is 0 Å². The average Bonchev–Trinajstić information content (AvgIpc) is 3.38. The highest BCUT2D eigenvalue weighted by Crippen LogP contribution is 2.28. The number of benzene rings is 1. The Morgan fingerprint density at radius 2 is 1.72 bits per heavy atom. The Morgan fingerprint density at radius 1 is 0.930 bits per heavy atom. The highest BCUT2D eigenvalue weighted by molar-refractivity contribution is 5.83. The Hall–Kier alpha value is -4.83. The third-order valence-corrected chi connectivity index (χ3v) is 7.10. The van der Waals surface area contributed by atoms with E-state index in [0.29, 0.717) is 5.82 Å². The first-order valence-electron chi connectivity index (χ1n) is 14.5.